The van der Waals surface area contributed by atoms with E-state index < -0.39 is 0 Å². The molecule has 0 aromatic heterocycles. The van der Waals surface area contributed by atoms with E-state index in [0.717, 1.165) is 21.3 Å². The summed E-state index contributed by atoms with van der Waals surface area (Å²) in [6.07, 6.45) is 0.544. The quantitative estimate of drug-likeness (QED) is 0.850. The molecule has 2 rings (SSSR count). The molecule has 0 heterocycles. The lowest BCUT2D eigenvalue weighted by Gasteiger charge is -2.14. The van der Waals surface area contributed by atoms with E-state index >= 15 is 0 Å². The number of rotatable bonds is 6. The third kappa shape index (κ3) is 4.07. The smallest absolute Gasteiger partial charge is 0.120 e. The van der Waals surface area contributed by atoms with Crippen LogP contribution in [0.5, 0.6) is 5.75 Å². The SMILES string of the molecule is NC(CCO)c1ccc(OCc2ccccc2)cc1Br. The lowest BCUT2D eigenvalue weighted by molar-refractivity contribution is 0.276. The zero-order valence-electron chi connectivity index (χ0n) is 11.1. The number of halogens is 1. The highest BCUT2D eigenvalue weighted by Crippen LogP contribution is 2.28. The summed E-state index contributed by atoms with van der Waals surface area (Å²) in [5, 5.41) is 8.93. The number of ether oxygens (including phenoxy) is 1. The maximum atomic E-state index is 8.93. The monoisotopic (exact) mass is 335 g/mol. The van der Waals surface area contributed by atoms with Crippen LogP contribution in [0.3, 0.4) is 0 Å². The summed E-state index contributed by atoms with van der Waals surface area (Å²) in [7, 11) is 0. The minimum absolute atomic E-state index is 0.0832. The molecule has 0 fully saturated rings. The van der Waals surface area contributed by atoms with E-state index in [4.69, 9.17) is 15.6 Å². The molecular formula is C16H18BrNO2. The fourth-order valence-electron chi connectivity index (χ4n) is 1.93. The van der Waals surface area contributed by atoms with Crippen LogP contribution in [0.1, 0.15) is 23.6 Å². The topological polar surface area (TPSA) is 55.5 Å². The molecule has 1 unspecified atom stereocenters. The molecule has 4 heteroatoms. The lowest BCUT2D eigenvalue weighted by atomic mass is 10.1. The number of aliphatic hydroxyl groups is 1. The molecule has 106 valence electrons. The highest BCUT2D eigenvalue weighted by Gasteiger charge is 2.10. The number of hydrogen-bond acceptors (Lipinski definition) is 3. The van der Waals surface area contributed by atoms with Crippen LogP contribution in [-0.4, -0.2) is 11.7 Å². The molecule has 0 bridgehead atoms. The summed E-state index contributed by atoms with van der Waals surface area (Å²) in [5.41, 5.74) is 8.10. The van der Waals surface area contributed by atoms with Crippen molar-refractivity contribution in [2.45, 2.75) is 19.1 Å². The van der Waals surface area contributed by atoms with Crippen LogP contribution in [0.15, 0.2) is 53.0 Å². The standard InChI is InChI=1S/C16H18BrNO2/c17-15-10-13(6-7-14(15)16(18)8-9-19)20-11-12-4-2-1-3-5-12/h1-7,10,16,19H,8-9,11,18H2. The van der Waals surface area contributed by atoms with E-state index in [1.807, 2.05) is 48.5 Å². The van der Waals surface area contributed by atoms with Gasteiger partial charge in [-0.15, -0.1) is 0 Å². The van der Waals surface area contributed by atoms with Gasteiger partial charge in [-0.05, 0) is 29.7 Å². The predicted molar refractivity (Wildman–Crippen MR) is 83.5 cm³/mol. The molecule has 0 aliphatic rings. The van der Waals surface area contributed by atoms with Crippen LogP contribution < -0.4 is 10.5 Å². The third-order valence-electron chi connectivity index (χ3n) is 3.06. The fourth-order valence-corrected chi connectivity index (χ4v) is 2.59. The number of hydrogen-bond donors (Lipinski definition) is 2. The second-order valence-corrected chi connectivity index (χ2v) is 5.43. The van der Waals surface area contributed by atoms with Gasteiger partial charge in [-0.2, -0.15) is 0 Å². The van der Waals surface area contributed by atoms with Gasteiger partial charge in [0.05, 0.1) is 0 Å². The van der Waals surface area contributed by atoms with Crippen LogP contribution in [0.2, 0.25) is 0 Å². The number of aliphatic hydroxyl groups excluding tert-OH is 1. The molecule has 0 aliphatic heterocycles. The van der Waals surface area contributed by atoms with Crippen LogP contribution in [0.4, 0.5) is 0 Å². The molecule has 0 aliphatic carbocycles. The highest BCUT2D eigenvalue weighted by molar-refractivity contribution is 9.10. The molecule has 0 spiro atoms. The normalized spacial score (nSPS) is 12.2. The van der Waals surface area contributed by atoms with E-state index in [9.17, 15) is 0 Å². The van der Waals surface area contributed by atoms with Crippen LogP contribution in [0, 0.1) is 0 Å². The Kier molecular flexibility index (Phi) is 5.59. The van der Waals surface area contributed by atoms with Gasteiger partial charge in [0.15, 0.2) is 0 Å². The minimum Gasteiger partial charge on any atom is -0.489 e. The van der Waals surface area contributed by atoms with Crippen molar-refractivity contribution < 1.29 is 9.84 Å². The summed E-state index contributed by atoms with van der Waals surface area (Å²) in [4.78, 5) is 0. The maximum absolute atomic E-state index is 8.93. The van der Waals surface area contributed by atoms with Gasteiger partial charge >= 0.3 is 0 Å². The van der Waals surface area contributed by atoms with E-state index in [1.165, 1.54) is 0 Å². The van der Waals surface area contributed by atoms with E-state index in [-0.39, 0.29) is 12.6 Å². The molecular weight excluding hydrogens is 318 g/mol. The third-order valence-corrected chi connectivity index (χ3v) is 3.75. The Morgan fingerprint density at radius 2 is 1.90 bits per heavy atom. The Morgan fingerprint density at radius 1 is 1.15 bits per heavy atom. The second kappa shape index (κ2) is 7.43. The zero-order valence-corrected chi connectivity index (χ0v) is 12.7. The molecule has 0 saturated carbocycles. The summed E-state index contributed by atoms with van der Waals surface area (Å²) < 4.78 is 6.65. The Labute approximate surface area is 127 Å². The summed E-state index contributed by atoms with van der Waals surface area (Å²) >= 11 is 3.50. The van der Waals surface area contributed by atoms with Crippen molar-refractivity contribution >= 4 is 15.9 Å². The molecule has 0 radical (unpaired) electrons. The van der Waals surface area contributed by atoms with Crippen molar-refractivity contribution in [2.24, 2.45) is 5.73 Å². The van der Waals surface area contributed by atoms with E-state index in [1.54, 1.807) is 0 Å². The van der Waals surface area contributed by atoms with Crippen molar-refractivity contribution in [1.82, 2.24) is 0 Å². The van der Waals surface area contributed by atoms with Crippen molar-refractivity contribution in [1.29, 1.82) is 0 Å². The van der Waals surface area contributed by atoms with Gasteiger partial charge in [0.2, 0.25) is 0 Å². The number of nitrogens with two attached hydrogens (primary N) is 1. The fraction of sp³-hybridized carbons (Fsp3) is 0.250. The summed E-state index contributed by atoms with van der Waals surface area (Å²) in [6, 6.07) is 15.6. The first-order valence-corrected chi connectivity index (χ1v) is 7.32. The lowest BCUT2D eigenvalue weighted by Crippen LogP contribution is -2.12. The molecule has 1 atom stereocenters. The Balaban J connectivity index is 2.02. The first-order chi connectivity index (χ1) is 9.70. The molecule has 2 aromatic carbocycles. The van der Waals surface area contributed by atoms with Crippen LogP contribution in [-0.2, 0) is 6.61 Å². The van der Waals surface area contributed by atoms with Crippen molar-refractivity contribution in [3.8, 4) is 5.75 Å². The zero-order chi connectivity index (χ0) is 14.4. The average molecular weight is 336 g/mol. The van der Waals surface area contributed by atoms with Gasteiger partial charge in [-0.1, -0.05) is 52.3 Å². The van der Waals surface area contributed by atoms with Gasteiger partial charge in [0.1, 0.15) is 12.4 Å². The van der Waals surface area contributed by atoms with Gasteiger partial charge in [0, 0.05) is 17.1 Å². The predicted octanol–water partition coefficient (Wildman–Crippen LogP) is 3.41. The average Bonchev–Trinajstić information content (AvgIpc) is 2.46. The van der Waals surface area contributed by atoms with E-state index in [0.29, 0.717) is 13.0 Å². The van der Waals surface area contributed by atoms with Gasteiger partial charge < -0.3 is 15.6 Å². The Morgan fingerprint density at radius 3 is 2.55 bits per heavy atom. The molecule has 2 aromatic rings. The minimum atomic E-state index is -0.169. The Hall–Kier alpha value is -1.36. The van der Waals surface area contributed by atoms with Gasteiger partial charge in [-0.3, -0.25) is 0 Å². The molecule has 3 nitrogen and oxygen atoms in total. The first-order valence-electron chi connectivity index (χ1n) is 6.53. The second-order valence-electron chi connectivity index (χ2n) is 4.58. The molecule has 0 amide bonds. The Bertz CT molecular complexity index is 545. The maximum Gasteiger partial charge on any atom is 0.120 e. The summed E-state index contributed by atoms with van der Waals surface area (Å²) in [6.45, 7) is 0.620. The molecule has 0 saturated heterocycles. The van der Waals surface area contributed by atoms with Crippen LogP contribution >= 0.6 is 15.9 Å². The van der Waals surface area contributed by atoms with E-state index in [2.05, 4.69) is 15.9 Å². The largest absolute Gasteiger partial charge is 0.489 e. The van der Waals surface area contributed by atoms with Crippen molar-refractivity contribution in [3.05, 3.63) is 64.1 Å². The summed E-state index contributed by atoms with van der Waals surface area (Å²) in [5.74, 6) is 0.792. The highest BCUT2D eigenvalue weighted by atomic mass is 79.9. The number of benzene rings is 2. The molecule has 3 N–H and O–H groups in total. The van der Waals surface area contributed by atoms with Gasteiger partial charge in [0.25, 0.3) is 0 Å². The van der Waals surface area contributed by atoms with Crippen molar-refractivity contribution in [3.63, 3.8) is 0 Å². The van der Waals surface area contributed by atoms with Crippen molar-refractivity contribution in [2.75, 3.05) is 6.61 Å². The first kappa shape index (κ1) is 15.0. The van der Waals surface area contributed by atoms with Crippen LogP contribution in [0.25, 0.3) is 0 Å². The molecule has 20 heavy (non-hydrogen) atoms. The van der Waals surface area contributed by atoms with Gasteiger partial charge in [-0.25, -0.2) is 0 Å².